The summed E-state index contributed by atoms with van der Waals surface area (Å²) in [5.41, 5.74) is 0.831. The van der Waals surface area contributed by atoms with Crippen molar-refractivity contribution in [3.63, 3.8) is 0 Å². The van der Waals surface area contributed by atoms with Crippen molar-refractivity contribution in [2.75, 3.05) is 38.7 Å². The van der Waals surface area contributed by atoms with Crippen molar-refractivity contribution in [3.8, 4) is 5.75 Å². The van der Waals surface area contributed by atoms with Crippen LogP contribution in [-0.2, 0) is 4.74 Å². The lowest BCUT2D eigenvalue weighted by atomic mass is 9.96. The van der Waals surface area contributed by atoms with Gasteiger partial charge in [0.1, 0.15) is 5.75 Å². The highest BCUT2D eigenvalue weighted by molar-refractivity contribution is 5.99. The molecule has 2 saturated carbocycles. The number of benzene rings is 1. The van der Waals surface area contributed by atoms with Gasteiger partial charge >= 0.3 is 12.1 Å². The first kappa shape index (κ1) is 36.8. The van der Waals surface area contributed by atoms with Crippen LogP contribution in [0.25, 0.3) is 0 Å². The Bertz CT molecular complexity index is 1150. The number of rotatable bonds is 7. The van der Waals surface area contributed by atoms with Gasteiger partial charge in [-0.1, -0.05) is 45.4 Å². The molecule has 0 spiro atoms. The Kier molecular flexibility index (Phi) is 14.5. The third kappa shape index (κ3) is 11.3. The number of urea groups is 2. The molecule has 4 N–H and O–H groups in total. The van der Waals surface area contributed by atoms with Crippen LogP contribution in [0.15, 0.2) is 18.2 Å². The number of aliphatic hydroxyl groups is 1. The van der Waals surface area contributed by atoms with Crippen LogP contribution in [0.1, 0.15) is 115 Å². The summed E-state index contributed by atoms with van der Waals surface area (Å²) in [5.74, 6) is 0.00958. The monoisotopic (exact) mass is 657 g/mol. The van der Waals surface area contributed by atoms with Crippen LogP contribution in [0.2, 0.25) is 0 Å². The topological polar surface area (TPSA) is 132 Å². The molecule has 11 heteroatoms. The molecular formula is C36H59N5O6. The first-order chi connectivity index (χ1) is 22.6. The fourth-order valence-corrected chi connectivity index (χ4v) is 6.95. The molecule has 0 unspecified atom stereocenters. The summed E-state index contributed by atoms with van der Waals surface area (Å²) < 4.78 is 12.7. The van der Waals surface area contributed by atoms with Crippen LogP contribution in [0.5, 0.6) is 5.75 Å². The lowest BCUT2D eigenvalue weighted by molar-refractivity contribution is -0.0123. The first-order valence-corrected chi connectivity index (χ1v) is 18.1. The molecule has 5 amide bonds. The minimum atomic E-state index is -0.484. The van der Waals surface area contributed by atoms with E-state index >= 15 is 0 Å². The quantitative estimate of drug-likeness (QED) is 0.288. The van der Waals surface area contributed by atoms with E-state index in [1.165, 1.54) is 12.8 Å². The summed E-state index contributed by atoms with van der Waals surface area (Å²) in [4.78, 5) is 43.7. The number of nitrogens with one attached hydrogen (secondary N) is 3. The Labute approximate surface area is 281 Å². The maximum atomic E-state index is 14.4. The zero-order valence-electron chi connectivity index (χ0n) is 29.1. The molecule has 1 aromatic rings. The number of carbonyl (C=O) groups excluding carboxylic acids is 3. The smallest absolute Gasteiger partial charge is 0.319 e. The lowest BCUT2D eigenvalue weighted by Crippen LogP contribution is -2.50. The third-order valence-electron chi connectivity index (χ3n) is 9.98. The Morgan fingerprint density at radius 2 is 1.60 bits per heavy atom. The molecule has 0 radical (unpaired) electrons. The van der Waals surface area contributed by atoms with Gasteiger partial charge < -0.3 is 40.3 Å². The van der Waals surface area contributed by atoms with E-state index < -0.39 is 6.04 Å². The number of fused-ring (bicyclic) bond motifs is 1. The molecule has 0 aromatic heterocycles. The summed E-state index contributed by atoms with van der Waals surface area (Å²) in [5, 5.41) is 19.4. The standard InChI is InChI=1S/C36H59N5O6/c1-25-22-41(26(2)24-42)34(43)31-21-30(38-35(44)37-28-14-7-5-8-15-28)18-19-32(31)47-27(3)13-11-12-20-46-33(25)23-40(4)36(45)39-29-16-9-6-10-17-29/h18-19,21,25-29,33,42H,5-17,20,22-24H2,1-4H3,(H,39,45)(H2,37,38,44)/t25-,26+,27-,33-/m1/s1. The van der Waals surface area contributed by atoms with Gasteiger partial charge in [-0.2, -0.15) is 0 Å². The van der Waals surface area contributed by atoms with Gasteiger partial charge in [-0.15, -0.1) is 0 Å². The largest absolute Gasteiger partial charge is 0.490 e. The van der Waals surface area contributed by atoms with E-state index in [0.717, 1.165) is 70.6 Å². The minimum Gasteiger partial charge on any atom is -0.490 e. The normalized spacial score (nSPS) is 24.7. The number of hydrogen-bond donors (Lipinski definition) is 4. The Morgan fingerprint density at radius 1 is 0.957 bits per heavy atom. The van der Waals surface area contributed by atoms with Gasteiger partial charge in [0.25, 0.3) is 5.91 Å². The van der Waals surface area contributed by atoms with Crippen molar-refractivity contribution < 1.29 is 29.0 Å². The van der Waals surface area contributed by atoms with Gasteiger partial charge in [-0.25, -0.2) is 9.59 Å². The molecule has 0 bridgehead atoms. The summed E-state index contributed by atoms with van der Waals surface area (Å²) in [6.45, 7) is 6.84. The zero-order valence-corrected chi connectivity index (χ0v) is 29.1. The van der Waals surface area contributed by atoms with Crippen molar-refractivity contribution in [3.05, 3.63) is 23.8 Å². The number of nitrogens with zero attached hydrogens (tertiary/aromatic N) is 2. The van der Waals surface area contributed by atoms with Gasteiger partial charge in [-0.3, -0.25) is 4.79 Å². The number of hydrogen-bond acceptors (Lipinski definition) is 6. The molecule has 2 fully saturated rings. The molecule has 2 aliphatic carbocycles. The van der Waals surface area contributed by atoms with Crippen molar-refractivity contribution in [2.24, 2.45) is 5.92 Å². The fraction of sp³-hybridized carbons (Fsp3) is 0.750. The number of likely N-dealkylation sites (N-methyl/N-ethyl adjacent to an activating group) is 1. The van der Waals surface area contributed by atoms with Gasteiger partial charge in [0.15, 0.2) is 0 Å². The molecule has 264 valence electrons. The van der Waals surface area contributed by atoms with Gasteiger partial charge in [0, 0.05) is 50.4 Å². The summed E-state index contributed by atoms with van der Waals surface area (Å²) >= 11 is 0. The Hall–Kier alpha value is -3.05. The Morgan fingerprint density at radius 3 is 2.26 bits per heavy atom. The Balaban J connectivity index is 1.54. The van der Waals surface area contributed by atoms with E-state index in [0.29, 0.717) is 36.7 Å². The molecule has 1 aromatic carbocycles. The van der Waals surface area contributed by atoms with Crippen LogP contribution in [0.3, 0.4) is 0 Å². The molecule has 1 aliphatic heterocycles. The number of amides is 5. The molecule has 3 aliphatic rings. The van der Waals surface area contributed by atoms with Crippen LogP contribution >= 0.6 is 0 Å². The predicted octanol–water partition coefficient (Wildman–Crippen LogP) is 5.91. The molecular weight excluding hydrogens is 598 g/mol. The van der Waals surface area contributed by atoms with Crippen LogP contribution in [-0.4, -0.2) is 96.6 Å². The lowest BCUT2D eigenvalue weighted by Gasteiger charge is -2.36. The summed E-state index contributed by atoms with van der Waals surface area (Å²) in [6, 6.07) is 4.69. The number of ether oxygens (including phenoxy) is 2. The van der Waals surface area contributed by atoms with Gasteiger partial charge in [0.05, 0.1) is 30.4 Å². The zero-order chi connectivity index (χ0) is 33.8. The SMILES string of the molecule is C[C@@H]1CCCCO[C@H](CN(C)C(=O)NC2CCCCC2)[C@H](C)CN([C@@H](C)CO)C(=O)c2cc(NC(=O)NC3CCCCC3)ccc2O1. The van der Waals surface area contributed by atoms with Crippen molar-refractivity contribution in [2.45, 2.75) is 135 Å². The maximum Gasteiger partial charge on any atom is 0.319 e. The van der Waals surface area contributed by atoms with E-state index in [1.807, 2.05) is 20.8 Å². The predicted molar refractivity (Wildman–Crippen MR) is 184 cm³/mol. The molecule has 47 heavy (non-hydrogen) atoms. The van der Waals surface area contributed by atoms with Gasteiger partial charge in [0.2, 0.25) is 0 Å². The first-order valence-electron chi connectivity index (χ1n) is 18.1. The number of aliphatic hydroxyl groups excluding tert-OH is 1. The van der Waals surface area contributed by atoms with E-state index in [1.54, 1.807) is 35.0 Å². The average molecular weight is 658 g/mol. The highest BCUT2D eigenvalue weighted by Crippen LogP contribution is 2.29. The van der Waals surface area contributed by atoms with Crippen LogP contribution < -0.4 is 20.7 Å². The third-order valence-corrected chi connectivity index (χ3v) is 9.98. The average Bonchev–Trinajstić information content (AvgIpc) is 3.06. The van der Waals surface area contributed by atoms with Crippen LogP contribution in [0, 0.1) is 5.92 Å². The second-order valence-electron chi connectivity index (χ2n) is 14.1. The fourth-order valence-electron chi connectivity index (χ4n) is 6.95. The summed E-state index contributed by atoms with van der Waals surface area (Å²) in [6.07, 6.45) is 12.9. The van der Waals surface area contributed by atoms with Crippen molar-refractivity contribution >= 4 is 23.7 Å². The van der Waals surface area contributed by atoms with E-state index in [-0.39, 0.29) is 54.8 Å². The van der Waals surface area contributed by atoms with E-state index in [4.69, 9.17) is 9.47 Å². The van der Waals surface area contributed by atoms with E-state index in [2.05, 4.69) is 16.0 Å². The summed E-state index contributed by atoms with van der Waals surface area (Å²) in [7, 11) is 1.80. The number of anilines is 1. The molecule has 1 heterocycles. The molecule has 0 saturated heterocycles. The highest BCUT2D eigenvalue weighted by Gasteiger charge is 2.31. The van der Waals surface area contributed by atoms with Crippen molar-refractivity contribution in [1.29, 1.82) is 0 Å². The van der Waals surface area contributed by atoms with Crippen LogP contribution in [0.4, 0.5) is 15.3 Å². The van der Waals surface area contributed by atoms with Crippen molar-refractivity contribution in [1.82, 2.24) is 20.4 Å². The second kappa shape index (κ2) is 18.5. The van der Waals surface area contributed by atoms with E-state index in [9.17, 15) is 19.5 Å². The molecule has 4 rings (SSSR count). The molecule has 11 nitrogen and oxygen atoms in total. The minimum absolute atomic E-state index is 0.101. The second-order valence-corrected chi connectivity index (χ2v) is 14.1. The number of carbonyl (C=O) groups is 3. The highest BCUT2D eigenvalue weighted by atomic mass is 16.5. The van der Waals surface area contributed by atoms with Gasteiger partial charge in [-0.05, 0) is 77.0 Å². The maximum absolute atomic E-state index is 14.4. The molecule has 4 atom stereocenters.